The second kappa shape index (κ2) is 6.47. The lowest BCUT2D eigenvalue weighted by Crippen LogP contribution is -1.98. The first-order valence-corrected chi connectivity index (χ1v) is 5.14. The van der Waals surface area contributed by atoms with E-state index in [0.29, 0.717) is 6.61 Å². The van der Waals surface area contributed by atoms with Crippen molar-refractivity contribution in [1.29, 1.82) is 0 Å². The molecule has 0 saturated heterocycles. The summed E-state index contributed by atoms with van der Waals surface area (Å²) in [6, 6.07) is 7.89. The summed E-state index contributed by atoms with van der Waals surface area (Å²) in [5.41, 5.74) is 2.11. The maximum Gasteiger partial charge on any atom is 0.331 e. The van der Waals surface area contributed by atoms with Crippen molar-refractivity contribution in [1.82, 2.24) is 0 Å². The standard InChI is InChI=1S/C14H14O2/c1-3-16-14(15)10-5-4-8-13-9-6-7-12(2)11-13/h5-7,9-11H,3H2,1-2H3. The molecule has 0 saturated carbocycles. The summed E-state index contributed by atoms with van der Waals surface area (Å²) in [6.07, 6.45) is 2.83. The molecular formula is C14H14O2. The zero-order chi connectivity index (χ0) is 11.8. The molecule has 2 nitrogen and oxygen atoms in total. The van der Waals surface area contributed by atoms with Crippen LogP contribution in [0, 0.1) is 18.8 Å². The molecule has 0 heterocycles. The topological polar surface area (TPSA) is 26.3 Å². The lowest BCUT2D eigenvalue weighted by atomic mass is 10.1. The Balaban J connectivity index is 2.59. The lowest BCUT2D eigenvalue weighted by molar-refractivity contribution is -0.137. The predicted octanol–water partition coefficient (Wildman–Crippen LogP) is 2.47. The van der Waals surface area contributed by atoms with Crippen LogP contribution in [0.1, 0.15) is 18.1 Å². The van der Waals surface area contributed by atoms with Crippen molar-refractivity contribution in [3.05, 3.63) is 47.5 Å². The highest BCUT2D eigenvalue weighted by molar-refractivity contribution is 5.82. The first-order chi connectivity index (χ1) is 7.72. The predicted molar refractivity (Wildman–Crippen MR) is 63.8 cm³/mol. The number of carbonyl (C=O) groups excluding carboxylic acids is 1. The van der Waals surface area contributed by atoms with Crippen molar-refractivity contribution in [3.63, 3.8) is 0 Å². The summed E-state index contributed by atoms with van der Waals surface area (Å²) in [5.74, 6) is 5.37. The van der Waals surface area contributed by atoms with Gasteiger partial charge in [-0.15, -0.1) is 0 Å². The van der Waals surface area contributed by atoms with E-state index in [1.807, 2.05) is 31.2 Å². The van der Waals surface area contributed by atoms with Crippen molar-refractivity contribution in [3.8, 4) is 11.8 Å². The Labute approximate surface area is 95.9 Å². The zero-order valence-corrected chi connectivity index (χ0v) is 9.49. The number of hydrogen-bond donors (Lipinski definition) is 0. The highest BCUT2D eigenvalue weighted by Gasteiger charge is 1.90. The molecule has 82 valence electrons. The summed E-state index contributed by atoms with van der Waals surface area (Å²) in [7, 11) is 0. The van der Waals surface area contributed by atoms with Gasteiger partial charge in [0.05, 0.1) is 6.61 Å². The molecule has 0 aliphatic heterocycles. The van der Waals surface area contributed by atoms with Crippen molar-refractivity contribution in [2.24, 2.45) is 0 Å². The smallest absolute Gasteiger partial charge is 0.331 e. The van der Waals surface area contributed by atoms with Crippen molar-refractivity contribution in [2.75, 3.05) is 6.61 Å². The Morgan fingerprint density at radius 1 is 1.50 bits per heavy atom. The number of esters is 1. The average molecular weight is 214 g/mol. The van der Waals surface area contributed by atoms with Crippen LogP contribution in [-0.4, -0.2) is 12.6 Å². The van der Waals surface area contributed by atoms with Crippen LogP contribution in [0.15, 0.2) is 36.4 Å². The normalized spacial score (nSPS) is 9.62. The molecule has 0 N–H and O–H groups in total. The number of ether oxygens (including phenoxy) is 1. The van der Waals surface area contributed by atoms with E-state index in [9.17, 15) is 4.79 Å². The van der Waals surface area contributed by atoms with Crippen LogP contribution >= 0.6 is 0 Å². The molecule has 0 radical (unpaired) electrons. The summed E-state index contributed by atoms with van der Waals surface area (Å²) < 4.78 is 4.72. The van der Waals surface area contributed by atoms with E-state index in [2.05, 4.69) is 11.8 Å². The summed E-state index contributed by atoms with van der Waals surface area (Å²) in [6.45, 7) is 4.16. The Bertz CT molecular complexity index is 447. The van der Waals surface area contributed by atoms with E-state index in [1.165, 1.54) is 17.7 Å². The Kier molecular flexibility index (Phi) is 4.88. The zero-order valence-electron chi connectivity index (χ0n) is 9.49. The number of benzene rings is 1. The van der Waals surface area contributed by atoms with Gasteiger partial charge < -0.3 is 4.74 Å². The van der Waals surface area contributed by atoms with E-state index >= 15 is 0 Å². The fraction of sp³-hybridized carbons (Fsp3) is 0.214. The number of rotatable bonds is 2. The van der Waals surface area contributed by atoms with Crippen LogP contribution < -0.4 is 0 Å². The maximum atomic E-state index is 10.9. The van der Waals surface area contributed by atoms with Crippen molar-refractivity contribution >= 4 is 5.97 Å². The Morgan fingerprint density at radius 2 is 2.31 bits per heavy atom. The fourth-order valence-corrected chi connectivity index (χ4v) is 1.15. The van der Waals surface area contributed by atoms with E-state index in [0.717, 1.165) is 5.56 Å². The molecule has 2 heteroatoms. The van der Waals surface area contributed by atoms with Gasteiger partial charge in [-0.05, 0) is 37.6 Å². The van der Waals surface area contributed by atoms with Crippen LogP contribution in [0.4, 0.5) is 0 Å². The lowest BCUT2D eigenvalue weighted by Gasteiger charge is -1.92. The van der Waals surface area contributed by atoms with E-state index in [-0.39, 0.29) is 5.97 Å². The SMILES string of the molecule is CCOC(=O)C=CC#Cc1cccc(C)c1. The van der Waals surface area contributed by atoms with Crippen LogP contribution in [0.3, 0.4) is 0 Å². The molecule has 0 aliphatic carbocycles. The summed E-state index contributed by atoms with van der Waals surface area (Å²) in [5, 5.41) is 0. The van der Waals surface area contributed by atoms with Crippen molar-refractivity contribution in [2.45, 2.75) is 13.8 Å². The van der Waals surface area contributed by atoms with Gasteiger partial charge >= 0.3 is 5.97 Å². The minimum atomic E-state index is -0.360. The Morgan fingerprint density at radius 3 is 3.00 bits per heavy atom. The van der Waals surface area contributed by atoms with Gasteiger partial charge in [0.1, 0.15) is 0 Å². The highest BCUT2D eigenvalue weighted by Crippen LogP contribution is 2.01. The molecule has 1 aromatic carbocycles. The molecule has 1 aromatic rings. The molecule has 0 aromatic heterocycles. The van der Waals surface area contributed by atoms with Gasteiger partial charge in [-0.1, -0.05) is 24.0 Å². The first kappa shape index (κ1) is 12.1. The van der Waals surface area contributed by atoms with Gasteiger partial charge in [0.15, 0.2) is 0 Å². The number of aryl methyl sites for hydroxylation is 1. The molecule has 1 rings (SSSR count). The minimum absolute atomic E-state index is 0.360. The van der Waals surface area contributed by atoms with E-state index in [4.69, 9.17) is 4.74 Å². The average Bonchev–Trinajstić information content (AvgIpc) is 2.25. The summed E-state index contributed by atoms with van der Waals surface area (Å²) >= 11 is 0. The molecule has 16 heavy (non-hydrogen) atoms. The molecule has 0 fully saturated rings. The largest absolute Gasteiger partial charge is 0.463 e. The van der Waals surface area contributed by atoms with Gasteiger partial charge in [0, 0.05) is 11.6 Å². The minimum Gasteiger partial charge on any atom is -0.463 e. The third kappa shape index (κ3) is 4.47. The van der Waals surface area contributed by atoms with Crippen LogP contribution in [0.5, 0.6) is 0 Å². The van der Waals surface area contributed by atoms with Crippen LogP contribution in [-0.2, 0) is 9.53 Å². The molecule has 0 atom stereocenters. The molecular weight excluding hydrogens is 200 g/mol. The van der Waals surface area contributed by atoms with Crippen LogP contribution in [0.25, 0.3) is 0 Å². The molecule has 0 bridgehead atoms. The quantitative estimate of drug-likeness (QED) is 0.429. The van der Waals surface area contributed by atoms with E-state index in [1.54, 1.807) is 6.92 Å². The molecule has 0 aliphatic rings. The maximum absolute atomic E-state index is 10.9. The summed E-state index contributed by atoms with van der Waals surface area (Å²) in [4.78, 5) is 10.9. The van der Waals surface area contributed by atoms with Gasteiger partial charge in [0.2, 0.25) is 0 Å². The van der Waals surface area contributed by atoms with Crippen LogP contribution in [0.2, 0.25) is 0 Å². The second-order valence-corrected chi connectivity index (χ2v) is 3.22. The highest BCUT2D eigenvalue weighted by atomic mass is 16.5. The third-order valence-corrected chi connectivity index (χ3v) is 1.82. The third-order valence-electron chi connectivity index (χ3n) is 1.82. The molecule has 0 amide bonds. The van der Waals surface area contributed by atoms with Gasteiger partial charge in [-0.3, -0.25) is 0 Å². The molecule has 0 spiro atoms. The Hall–Kier alpha value is -2.01. The van der Waals surface area contributed by atoms with E-state index < -0.39 is 0 Å². The first-order valence-electron chi connectivity index (χ1n) is 5.14. The molecule has 0 unspecified atom stereocenters. The van der Waals surface area contributed by atoms with Gasteiger partial charge in [0.25, 0.3) is 0 Å². The monoisotopic (exact) mass is 214 g/mol. The second-order valence-electron chi connectivity index (χ2n) is 3.22. The number of carbonyl (C=O) groups is 1. The van der Waals surface area contributed by atoms with Gasteiger partial charge in [-0.25, -0.2) is 4.79 Å². The fourth-order valence-electron chi connectivity index (χ4n) is 1.15. The van der Waals surface area contributed by atoms with Gasteiger partial charge in [-0.2, -0.15) is 0 Å². The number of allylic oxidation sites excluding steroid dienone is 1. The number of hydrogen-bond acceptors (Lipinski definition) is 2. The van der Waals surface area contributed by atoms with Crippen molar-refractivity contribution < 1.29 is 9.53 Å².